The summed E-state index contributed by atoms with van der Waals surface area (Å²) in [7, 11) is 0. The van der Waals surface area contributed by atoms with Crippen molar-refractivity contribution in [3.63, 3.8) is 0 Å². The number of carbonyl (C=O) groups excluding carboxylic acids is 1. The Bertz CT molecular complexity index is 1430. The fourth-order valence-corrected chi connectivity index (χ4v) is 5.34. The number of rotatable bonds is 1. The Kier molecular flexibility index (Phi) is 7.72. The molecule has 0 saturated carbocycles. The Labute approximate surface area is 219 Å². The minimum absolute atomic E-state index is 0. The molecule has 1 aliphatic rings. The first kappa shape index (κ1) is 26.1. The Balaban J connectivity index is 0.000000357. The van der Waals surface area contributed by atoms with Gasteiger partial charge >= 0.3 is 0 Å². The average Bonchev–Trinajstić information content (AvgIpc) is 2.73. The van der Waals surface area contributed by atoms with E-state index in [0.717, 1.165) is 16.6 Å². The molecular weight excluding hydrogens is 619 g/mol. The van der Waals surface area contributed by atoms with Crippen molar-refractivity contribution in [2.45, 2.75) is 56.7 Å². The van der Waals surface area contributed by atoms with Crippen molar-refractivity contribution >= 4 is 39.1 Å². The Morgan fingerprint density at radius 1 is 1.06 bits per heavy atom. The molecule has 4 aromatic rings. The molecule has 1 N–H and O–H groups in total. The molecule has 0 spiro atoms. The summed E-state index contributed by atoms with van der Waals surface area (Å²) in [6.45, 7) is 11.9. The van der Waals surface area contributed by atoms with Crippen LogP contribution in [0.25, 0.3) is 32.8 Å². The number of nitrogens with zero attached hydrogens (tertiary/aromatic N) is 1. The maximum atomic E-state index is 10.0. The number of aryl methyl sites for hydroxylation is 1. The third-order valence-corrected chi connectivity index (χ3v) is 6.72. The van der Waals surface area contributed by atoms with Gasteiger partial charge in [0.2, 0.25) is 0 Å². The largest absolute Gasteiger partial charge is 0.512 e. The van der Waals surface area contributed by atoms with Crippen LogP contribution >= 0.6 is 11.8 Å². The summed E-state index contributed by atoms with van der Waals surface area (Å²) in [5.74, 6) is -0.0625. The van der Waals surface area contributed by atoms with Crippen LogP contribution in [0, 0.1) is 13.0 Å². The molecule has 0 aliphatic carbocycles. The Morgan fingerprint density at radius 2 is 1.76 bits per heavy atom. The van der Waals surface area contributed by atoms with Gasteiger partial charge in [-0.25, -0.2) is 0 Å². The van der Waals surface area contributed by atoms with Gasteiger partial charge in [0.05, 0.1) is 5.76 Å². The zero-order valence-electron chi connectivity index (χ0n) is 20.2. The van der Waals surface area contributed by atoms with E-state index in [1.165, 1.54) is 57.0 Å². The van der Waals surface area contributed by atoms with Gasteiger partial charge in [0.15, 0.2) is 5.78 Å². The Morgan fingerprint density at radius 3 is 2.38 bits per heavy atom. The maximum absolute atomic E-state index is 10.0. The molecule has 5 rings (SSSR count). The number of fused-ring (bicyclic) bond motifs is 3. The van der Waals surface area contributed by atoms with Gasteiger partial charge in [0.25, 0.3) is 0 Å². The van der Waals surface area contributed by atoms with E-state index < -0.39 is 0 Å². The van der Waals surface area contributed by atoms with Crippen LogP contribution in [-0.4, -0.2) is 15.9 Å². The van der Waals surface area contributed by atoms with Crippen LogP contribution in [0.15, 0.2) is 70.3 Å². The number of aromatic nitrogens is 1. The van der Waals surface area contributed by atoms with Crippen molar-refractivity contribution in [1.29, 1.82) is 0 Å². The molecule has 0 bridgehead atoms. The predicted octanol–water partition coefficient (Wildman–Crippen LogP) is 7.96. The monoisotopic (exact) mass is 647 g/mol. The second-order valence-corrected chi connectivity index (χ2v) is 10.6. The van der Waals surface area contributed by atoms with E-state index in [1.807, 2.05) is 18.0 Å². The summed E-state index contributed by atoms with van der Waals surface area (Å²) >= 11 is 1.85. The smallest absolute Gasteiger partial charge is 0.155 e. The molecule has 1 aliphatic heterocycles. The van der Waals surface area contributed by atoms with Crippen molar-refractivity contribution in [3.8, 4) is 11.3 Å². The van der Waals surface area contributed by atoms with E-state index in [4.69, 9.17) is 10.1 Å². The average molecular weight is 647 g/mol. The van der Waals surface area contributed by atoms with Gasteiger partial charge in [0.1, 0.15) is 0 Å². The van der Waals surface area contributed by atoms with Crippen LogP contribution in [0.1, 0.15) is 45.7 Å². The Hall–Kier alpha value is -2.46. The van der Waals surface area contributed by atoms with E-state index in [-0.39, 0.29) is 37.1 Å². The minimum Gasteiger partial charge on any atom is -0.512 e. The number of ketones is 1. The van der Waals surface area contributed by atoms with E-state index in [0.29, 0.717) is 0 Å². The molecule has 3 aromatic carbocycles. The first-order chi connectivity index (χ1) is 15.6. The molecule has 1 radical (unpaired) electrons. The molecule has 34 heavy (non-hydrogen) atoms. The quantitative estimate of drug-likeness (QED) is 0.114. The molecule has 0 saturated heterocycles. The number of hydrogen-bond acceptors (Lipinski definition) is 4. The number of benzene rings is 3. The van der Waals surface area contributed by atoms with Gasteiger partial charge in [-0.15, -0.1) is 35.3 Å². The van der Waals surface area contributed by atoms with Gasteiger partial charge in [-0.2, -0.15) is 0 Å². The van der Waals surface area contributed by atoms with E-state index in [1.54, 1.807) is 0 Å². The molecule has 0 fully saturated rings. The second-order valence-electron chi connectivity index (χ2n) is 9.50. The van der Waals surface area contributed by atoms with Crippen molar-refractivity contribution in [3.05, 3.63) is 77.7 Å². The van der Waals surface area contributed by atoms with Crippen LogP contribution in [0.2, 0.25) is 0 Å². The SMILES string of the molecule is CC(=O)/C=C(/C)O.Cc1cnc2c3c(ccc(C(C)(C)C)c13)Sc1cc3ccccc3[c-]c1-2.[Ir]. The van der Waals surface area contributed by atoms with Gasteiger partial charge in [-0.05, 0) is 59.0 Å². The van der Waals surface area contributed by atoms with Crippen LogP contribution in [0.4, 0.5) is 0 Å². The summed E-state index contributed by atoms with van der Waals surface area (Å²) in [5, 5.41) is 13.4. The van der Waals surface area contributed by atoms with Crippen LogP contribution in [-0.2, 0) is 30.3 Å². The van der Waals surface area contributed by atoms with Crippen LogP contribution < -0.4 is 0 Å². The number of aliphatic hydroxyl groups excluding tert-OH is 1. The normalized spacial score (nSPS) is 12.5. The molecule has 3 nitrogen and oxygen atoms in total. The molecular formula is C29H28IrNO2S-. The van der Waals surface area contributed by atoms with Gasteiger partial charge < -0.3 is 5.11 Å². The number of allylic oxidation sites excluding steroid dienone is 2. The second kappa shape index (κ2) is 10.0. The molecule has 1 aromatic heterocycles. The molecule has 0 unspecified atom stereocenters. The van der Waals surface area contributed by atoms with Crippen molar-refractivity contribution in [2.24, 2.45) is 0 Å². The molecule has 177 valence electrons. The zero-order valence-corrected chi connectivity index (χ0v) is 23.5. The maximum Gasteiger partial charge on any atom is 0.155 e. The third-order valence-electron chi connectivity index (χ3n) is 5.62. The van der Waals surface area contributed by atoms with E-state index in [9.17, 15) is 4.79 Å². The van der Waals surface area contributed by atoms with Crippen LogP contribution in [0.5, 0.6) is 0 Å². The number of hydrogen-bond donors (Lipinski definition) is 1. The predicted molar refractivity (Wildman–Crippen MR) is 138 cm³/mol. The number of aliphatic hydroxyl groups is 1. The third kappa shape index (κ3) is 5.12. The number of carbonyl (C=O) groups is 1. The van der Waals surface area contributed by atoms with Gasteiger partial charge in [-0.1, -0.05) is 56.0 Å². The first-order valence-electron chi connectivity index (χ1n) is 11.0. The zero-order chi connectivity index (χ0) is 23.9. The molecule has 2 heterocycles. The van der Waals surface area contributed by atoms with Crippen LogP contribution in [0.3, 0.4) is 0 Å². The summed E-state index contributed by atoms with van der Waals surface area (Å²) in [4.78, 5) is 17.4. The summed E-state index contributed by atoms with van der Waals surface area (Å²) < 4.78 is 0. The van der Waals surface area contributed by atoms with Gasteiger partial charge in [-0.3, -0.25) is 9.78 Å². The summed E-state index contributed by atoms with van der Waals surface area (Å²) in [6, 6.07) is 18.9. The first-order valence-corrected chi connectivity index (χ1v) is 11.8. The fraction of sp³-hybridized carbons (Fsp3) is 0.241. The fourth-order valence-electron chi connectivity index (χ4n) is 4.23. The molecule has 0 atom stereocenters. The van der Waals surface area contributed by atoms with E-state index in [2.05, 4.69) is 76.2 Å². The van der Waals surface area contributed by atoms with E-state index >= 15 is 0 Å². The minimum atomic E-state index is -0.125. The van der Waals surface area contributed by atoms with Gasteiger partial charge in [0, 0.05) is 43.0 Å². The van der Waals surface area contributed by atoms with Crippen molar-refractivity contribution in [1.82, 2.24) is 4.98 Å². The topological polar surface area (TPSA) is 50.2 Å². The standard InChI is InChI=1S/C24H20NS.C5H8O2.Ir/c1-14-13-25-23-17-11-15-7-5-6-8-16(15)12-20(17)26-19-10-9-18(24(2,3)4)21(14)22(19)23;1-4(6)3-5(2)7;/h5-10,12-13H,1-4H3;3,6H,1-2H3;/q-1;;/b;4-3-;. The van der Waals surface area contributed by atoms with Crippen molar-refractivity contribution in [2.75, 3.05) is 0 Å². The molecule has 5 heteroatoms. The molecule has 0 amide bonds. The number of pyridine rings is 1. The summed E-state index contributed by atoms with van der Waals surface area (Å²) in [6.07, 6.45) is 3.19. The van der Waals surface area contributed by atoms with Crippen molar-refractivity contribution < 1.29 is 30.0 Å². The summed E-state index contributed by atoms with van der Waals surface area (Å²) in [5.41, 5.74) is 4.95.